The van der Waals surface area contributed by atoms with Crippen LogP contribution in [0, 0.1) is 0 Å². The normalized spacial score (nSPS) is 14.0. The van der Waals surface area contributed by atoms with Gasteiger partial charge >= 0.3 is 0 Å². The van der Waals surface area contributed by atoms with Gasteiger partial charge in [-0.1, -0.05) is 32.4 Å². The van der Waals surface area contributed by atoms with Gasteiger partial charge < -0.3 is 5.32 Å². The summed E-state index contributed by atoms with van der Waals surface area (Å²) in [6, 6.07) is 0. The fourth-order valence-electron chi connectivity index (χ4n) is 1.92. The van der Waals surface area contributed by atoms with E-state index in [-0.39, 0.29) is 11.0 Å². The number of hydrogen-bond donors (Lipinski definition) is 1. The summed E-state index contributed by atoms with van der Waals surface area (Å²) in [5.41, 5.74) is 3.93. The Balaban J connectivity index is 2.92. The molecule has 108 valence electrons. The molecule has 1 aromatic rings. The van der Waals surface area contributed by atoms with Crippen molar-refractivity contribution in [2.24, 2.45) is 7.05 Å². The van der Waals surface area contributed by atoms with Gasteiger partial charge in [-0.25, -0.2) is 0 Å². The van der Waals surface area contributed by atoms with Crippen LogP contribution in [0.1, 0.15) is 59.7 Å². The second-order valence-electron chi connectivity index (χ2n) is 7.45. The van der Waals surface area contributed by atoms with Crippen LogP contribution in [0.2, 0.25) is 0 Å². The third kappa shape index (κ3) is 5.19. The van der Waals surface area contributed by atoms with Crippen molar-refractivity contribution in [1.29, 1.82) is 0 Å². The molecule has 0 amide bonds. The van der Waals surface area contributed by atoms with Crippen molar-refractivity contribution in [3.8, 4) is 0 Å². The highest BCUT2D eigenvalue weighted by Crippen LogP contribution is 2.25. The van der Waals surface area contributed by atoms with E-state index in [4.69, 9.17) is 0 Å². The maximum absolute atomic E-state index is 4.60. The Morgan fingerprint density at radius 1 is 1.26 bits per heavy atom. The molecule has 0 fully saturated rings. The maximum Gasteiger partial charge on any atom is 0.0750 e. The highest BCUT2D eigenvalue weighted by Gasteiger charge is 2.20. The summed E-state index contributed by atoms with van der Waals surface area (Å²) in [4.78, 5) is 0. The number of rotatable bonds is 3. The molecule has 1 aromatic heterocycles. The smallest absolute Gasteiger partial charge is 0.0750 e. The Hall–Kier alpha value is -1.09. The number of hydrogen-bond acceptors (Lipinski definition) is 2. The lowest BCUT2D eigenvalue weighted by Crippen LogP contribution is -2.36. The maximum atomic E-state index is 4.60. The zero-order valence-corrected chi connectivity index (χ0v) is 13.8. The first-order valence-electron chi connectivity index (χ1n) is 6.95. The predicted molar refractivity (Wildman–Crippen MR) is 83.3 cm³/mol. The van der Waals surface area contributed by atoms with Gasteiger partial charge in [-0.05, 0) is 27.7 Å². The molecule has 1 rings (SSSR count). The Morgan fingerprint density at radius 3 is 2.32 bits per heavy atom. The largest absolute Gasteiger partial charge is 0.308 e. The number of aryl methyl sites for hydroxylation is 1. The van der Waals surface area contributed by atoms with Crippen LogP contribution in [0.15, 0.2) is 11.8 Å². The van der Waals surface area contributed by atoms with Crippen molar-refractivity contribution >= 4 is 6.08 Å². The summed E-state index contributed by atoms with van der Waals surface area (Å²) in [6.07, 6.45) is 4.34. The molecule has 3 heteroatoms. The summed E-state index contributed by atoms with van der Waals surface area (Å²) in [5, 5.41) is 8.11. The molecule has 0 saturated carbocycles. The minimum atomic E-state index is 0.0742. The van der Waals surface area contributed by atoms with Crippen molar-refractivity contribution in [2.45, 2.75) is 59.4 Å². The van der Waals surface area contributed by atoms with Gasteiger partial charge in [-0.3, -0.25) is 4.68 Å². The second-order valence-corrected chi connectivity index (χ2v) is 7.45. The molecule has 0 spiro atoms. The molecule has 1 N–H and O–H groups in total. The quantitative estimate of drug-likeness (QED) is 0.904. The summed E-state index contributed by atoms with van der Waals surface area (Å²) in [5.74, 6) is 0. The van der Waals surface area contributed by atoms with Crippen LogP contribution in [0.25, 0.3) is 6.08 Å². The molecule has 0 unspecified atom stereocenters. The molecule has 19 heavy (non-hydrogen) atoms. The molecule has 0 aromatic carbocycles. The summed E-state index contributed by atoms with van der Waals surface area (Å²) in [6.45, 7) is 16.2. The van der Waals surface area contributed by atoms with Crippen LogP contribution in [0.5, 0.6) is 0 Å². The highest BCUT2D eigenvalue weighted by molar-refractivity contribution is 5.55. The van der Waals surface area contributed by atoms with Gasteiger partial charge in [-0.15, -0.1) is 0 Å². The standard InChI is InChI=1S/C16H29N3/c1-12(10-17-16(5,6)7)9-13-11-19(8)18-14(13)15(2,3)4/h9,11,17H,10H2,1-8H3. The Morgan fingerprint density at radius 2 is 1.84 bits per heavy atom. The average Bonchev–Trinajstić information content (AvgIpc) is 2.55. The van der Waals surface area contributed by atoms with Crippen molar-refractivity contribution in [3.63, 3.8) is 0 Å². The monoisotopic (exact) mass is 263 g/mol. The van der Waals surface area contributed by atoms with Crippen molar-refractivity contribution in [2.75, 3.05) is 6.54 Å². The molecule has 0 aliphatic heterocycles. The highest BCUT2D eigenvalue weighted by atomic mass is 15.3. The van der Waals surface area contributed by atoms with Crippen LogP contribution in [-0.4, -0.2) is 21.9 Å². The summed E-state index contributed by atoms with van der Waals surface area (Å²) in [7, 11) is 1.98. The van der Waals surface area contributed by atoms with Crippen LogP contribution in [-0.2, 0) is 12.5 Å². The average molecular weight is 263 g/mol. The van der Waals surface area contributed by atoms with Crippen LogP contribution in [0.3, 0.4) is 0 Å². The van der Waals surface area contributed by atoms with Gasteiger partial charge in [0.15, 0.2) is 0 Å². The van der Waals surface area contributed by atoms with Crippen molar-refractivity contribution in [3.05, 3.63) is 23.0 Å². The van der Waals surface area contributed by atoms with E-state index in [9.17, 15) is 0 Å². The topological polar surface area (TPSA) is 29.9 Å². The van der Waals surface area contributed by atoms with Crippen molar-refractivity contribution < 1.29 is 0 Å². The minimum absolute atomic E-state index is 0.0742. The number of nitrogens with zero attached hydrogens (tertiary/aromatic N) is 2. The second kappa shape index (κ2) is 5.49. The Labute approximate surface area is 118 Å². The lowest BCUT2D eigenvalue weighted by atomic mass is 9.89. The fraction of sp³-hybridized carbons (Fsp3) is 0.688. The summed E-state index contributed by atoms with van der Waals surface area (Å²) >= 11 is 0. The first kappa shape index (κ1) is 16.0. The molecule has 0 bridgehead atoms. The van der Waals surface area contributed by atoms with Gasteiger partial charge in [0, 0.05) is 36.3 Å². The fourth-order valence-corrected chi connectivity index (χ4v) is 1.92. The van der Waals surface area contributed by atoms with E-state index in [0.29, 0.717) is 0 Å². The van der Waals surface area contributed by atoms with Gasteiger partial charge in [0.25, 0.3) is 0 Å². The van der Waals surface area contributed by atoms with E-state index in [2.05, 4.69) is 71.2 Å². The van der Waals surface area contributed by atoms with E-state index in [1.54, 1.807) is 0 Å². The summed E-state index contributed by atoms with van der Waals surface area (Å²) < 4.78 is 1.90. The molecule has 0 aliphatic carbocycles. The zero-order chi connectivity index (χ0) is 14.8. The number of aromatic nitrogens is 2. The van der Waals surface area contributed by atoms with E-state index in [0.717, 1.165) is 12.2 Å². The Bertz CT molecular complexity index is 453. The van der Waals surface area contributed by atoms with Gasteiger partial charge in [0.1, 0.15) is 0 Å². The molecule has 0 aliphatic rings. The lowest BCUT2D eigenvalue weighted by Gasteiger charge is -2.21. The number of nitrogens with one attached hydrogen (secondary N) is 1. The molecule has 0 radical (unpaired) electrons. The van der Waals surface area contributed by atoms with Gasteiger partial charge in [-0.2, -0.15) is 5.10 Å². The van der Waals surface area contributed by atoms with Crippen molar-refractivity contribution in [1.82, 2.24) is 15.1 Å². The third-order valence-electron chi connectivity index (χ3n) is 2.87. The van der Waals surface area contributed by atoms with Gasteiger partial charge in [0.05, 0.1) is 5.69 Å². The SMILES string of the molecule is CC(=Cc1cn(C)nc1C(C)(C)C)CNC(C)(C)C. The van der Waals surface area contributed by atoms with Crippen LogP contribution < -0.4 is 5.32 Å². The molecule has 1 heterocycles. The van der Waals surface area contributed by atoms with Crippen LogP contribution in [0.4, 0.5) is 0 Å². The van der Waals surface area contributed by atoms with Crippen LogP contribution >= 0.6 is 0 Å². The molecule has 0 saturated heterocycles. The Kier molecular flexibility index (Phi) is 4.62. The van der Waals surface area contributed by atoms with E-state index < -0.39 is 0 Å². The molecule has 3 nitrogen and oxygen atoms in total. The first-order chi connectivity index (χ1) is 8.49. The van der Waals surface area contributed by atoms with E-state index in [1.807, 2.05) is 11.7 Å². The molecular formula is C16H29N3. The lowest BCUT2D eigenvalue weighted by molar-refractivity contribution is 0.445. The first-order valence-corrected chi connectivity index (χ1v) is 6.95. The zero-order valence-electron chi connectivity index (χ0n) is 13.8. The predicted octanol–water partition coefficient (Wildman–Crippen LogP) is 3.51. The van der Waals surface area contributed by atoms with Gasteiger partial charge in [0.2, 0.25) is 0 Å². The van der Waals surface area contributed by atoms with E-state index >= 15 is 0 Å². The molecule has 0 atom stereocenters. The van der Waals surface area contributed by atoms with E-state index in [1.165, 1.54) is 11.1 Å². The third-order valence-corrected chi connectivity index (χ3v) is 2.87. The molecular weight excluding hydrogens is 234 g/mol. The minimum Gasteiger partial charge on any atom is -0.308 e.